The topological polar surface area (TPSA) is 65.8 Å². The Kier molecular flexibility index (Phi) is 6.31. The lowest BCUT2D eigenvalue weighted by Crippen LogP contribution is -2.16. The zero-order chi connectivity index (χ0) is 19.5. The Morgan fingerprint density at radius 1 is 1.35 bits per heavy atom. The summed E-state index contributed by atoms with van der Waals surface area (Å²) in [6, 6.07) is 7.68. The minimum absolute atomic E-state index is 0.109. The number of carbonyl (C=O) groups excluding carboxylic acids is 1. The third kappa shape index (κ3) is 4.99. The van der Waals surface area contributed by atoms with Crippen LogP contribution in [-0.4, -0.2) is 16.6 Å². The number of anilines is 1. The molecular formula is C17H13BrF3N3OS. The smallest absolute Gasteiger partial charge is 0.325 e. The normalized spacial score (nSPS) is 11.1. The van der Waals surface area contributed by atoms with Gasteiger partial charge in [-0.1, -0.05) is 27.7 Å². The average molecular weight is 444 g/mol. The van der Waals surface area contributed by atoms with E-state index in [1.807, 2.05) is 13.0 Å². The van der Waals surface area contributed by atoms with E-state index in [2.05, 4.69) is 26.2 Å². The molecule has 0 saturated heterocycles. The van der Waals surface area contributed by atoms with Gasteiger partial charge in [0.1, 0.15) is 11.1 Å². The fraction of sp³-hybridized carbons (Fsp3) is 0.235. The highest BCUT2D eigenvalue weighted by Crippen LogP contribution is 2.35. The first-order valence-corrected chi connectivity index (χ1v) is 9.07. The highest BCUT2D eigenvalue weighted by atomic mass is 79.9. The van der Waals surface area contributed by atoms with Crippen LogP contribution in [0.2, 0.25) is 0 Å². The first kappa shape index (κ1) is 20.3. The van der Waals surface area contributed by atoms with Gasteiger partial charge < -0.3 is 5.32 Å². The zero-order valence-electron chi connectivity index (χ0n) is 13.7. The highest BCUT2D eigenvalue weighted by molar-refractivity contribution is 9.10. The third-order valence-electron chi connectivity index (χ3n) is 3.33. The molecule has 0 aliphatic carbocycles. The first-order chi connectivity index (χ1) is 12.1. The number of nitriles is 1. The Morgan fingerprint density at radius 3 is 2.62 bits per heavy atom. The molecule has 1 aromatic carbocycles. The summed E-state index contributed by atoms with van der Waals surface area (Å²) in [5, 5.41) is 11.7. The highest BCUT2D eigenvalue weighted by Gasteiger charge is 2.35. The number of hydrogen-bond acceptors (Lipinski definition) is 4. The Balaban J connectivity index is 2.17. The molecule has 136 valence electrons. The summed E-state index contributed by atoms with van der Waals surface area (Å²) in [6.07, 6.45) is -4.66. The number of benzene rings is 1. The molecule has 0 fully saturated rings. The molecule has 0 bridgehead atoms. The van der Waals surface area contributed by atoms with E-state index in [1.54, 1.807) is 18.2 Å². The van der Waals surface area contributed by atoms with E-state index in [9.17, 15) is 18.0 Å². The van der Waals surface area contributed by atoms with E-state index in [-0.39, 0.29) is 16.5 Å². The maximum atomic E-state index is 13.1. The minimum atomic E-state index is -4.66. The first-order valence-electron chi connectivity index (χ1n) is 7.29. The van der Waals surface area contributed by atoms with Crippen molar-refractivity contribution in [1.82, 2.24) is 4.98 Å². The van der Waals surface area contributed by atoms with Crippen LogP contribution in [0, 0.1) is 25.2 Å². The molecule has 9 heteroatoms. The second-order valence-corrected chi connectivity index (χ2v) is 7.28. The van der Waals surface area contributed by atoms with Gasteiger partial charge in [-0.3, -0.25) is 4.79 Å². The number of carbonyl (C=O) groups is 1. The molecule has 1 amide bonds. The molecule has 0 aliphatic heterocycles. The van der Waals surface area contributed by atoms with Gasteiger partial charge >= 0.3 is 6.18 Å². The zero-order valence-corrected chi connectivity index (χ0v) is 16.1. The molecule has 0 unspecified atom stereocenters. The quantitative estimate of drug-likeness (QED) is 0.668. The molecule has 2 aromatic rings. The molecule has 26 heavy (non-hydrogen) atoms. The Morgan fingerprint density at radius 2 is 2.04 bits per heavy atom. The molecule has 2 rings (SSSR count). The molecule has 1 N–H and O–H groups in total. The summed E-state index contributed by atoms with van der Waals surface area (Å²) in [4.78, 5) is 16.1. The maximum Gasteiger partial charge on any atom is 0.417 e. The predicted octanol–water partition coefficient (Wildman–Crippen LogP) is 5.08. The van der Waals surface area contributed by atoms with Crippen LogP contribution in [-0.2, 0) is 11.0 Å². The van der Waals surface area contributed by atoms with Gasteiger partial charge in [-0.15, -0.1) is 0 Å². The lowest BCUT2D eigenvalue weighted by Gasteiger charge is -2.13. The molecule has 0 atom stereocenters. The van der Waals surface area contributed by atoms with Crippen molar-refractivity contribution < 1.29 is 18.0 Å². The number of aryl methyl sites for hydroxylation is 2. The van der Waals surface area contributed by atoms with Crippen molar-refractivity contribution >= 4 is 39.3 Å². The fourth-order valence-electron chi connectivity index (χ4n) is 2.17. The summed E-state index contributed by atoms with van der Waals surface area (Å²) in [6.45, 7) is 3.23. The summed E-state index contributed by atoms with van der Waals surface area (Å²) < 4.78 is 40.1. The number of pyridine rings is 1. The SMILES string of the molecule is Cc1cc(C(F)(F)F)c(C#N)c(SCC(=O)Nc2ccc(Br)cc2C)n1. The van der Waals surface area contributed by atoms with Gasteiger partial charge in [-0.25, -0.2) is 4.98 Å². The molecular weight excluding hydrogens is 431 g/mol. The molecule has 1 aromatic heterocycles. The maximum absolute atomic E-state index is 13.1. The van der Waals surface area contributed by atoms with Crippen LogP contribution in [0.5, 0.6) is 0 Å². The fourth-order valence-corrected chi connectivity index (χ4v) is 3.49. The van der Waals surface area contributed by atoms with Crippen molar-refractivity contribution in [2.45, 2.75) is 25.0 Å². The Hall–Kier alpha value is -2.05. The Labute approximate surface area is 160 Å². The predicted molar refractivity (Wildman–Crippen MR) is 96.9 cm³/mol. The van der Waals surface area contributed by atoms with Crippen molar-refractivity contribution in [3.8, 4) is 6.07 Å². The van der Waals surface area contributed by atoms with Crippen LogP contribution >= 0.6 is 27.7 Å². The van der Waals surface area contributed by atoms with Gasteiger partial charge in [0.25, 0.3) is 0 Å². The monoisotopic (exact) mass is 443 g/mol. The summed E-state index contributed by atoms with van der Waals surface area (Å²) in [7, 11) is 0. The van der Waals surface area contributed by atoms with Crippen LogP contribution in [0.15, 0.2) is 33.8 Å². The van der Waals surface area contributed by atoms with Gasteiger partial charge in [0.2, 0.25) is 5.91 Å². The van der Waals surface area contributed by atoms with E-state index >= 15 is 0 Å². The van der Waals surface area contributed by atoms with Crippen LogP contribution in [0.1, 0.15) is 22.4 Å². The number of halogens is 4. The molecule has 0 aliphatic rings. The molecule has 0 radical (unpaired) electrons. The molecule has 1 heterocycles. The number of alkyl halides is 3. The van der Waals surface area contributed by atoms with E-state index in [0.717, 1.165) is 27.9 Å². The van der Waals surface area contributed by atoms with Crippen LogP contribution in [0.25, 0.3) is 0 Å². The number of thioether (sulfide) groups is 1. The summed E-state index contributed by atoms with van der Waals surface area (Å²) in [5.41, 5.74) is -0.0427. The van der Waals surface area contributed by atoms with E-state index in [0.29, 0.717) is 5.69 Å². The van der Waals surface area contributed by atoms with E-state index in [4.69, 9.17) is 5.26 Å². The van der Waals surface area contributed by atoms with Gasteiger partial charge in [0.15, 0.2) is 0 Å². The van der Waals surface area contributed by atoms with E-state index < -0.39 is 23.2 Å². The number of hydrogen-bond donors (Lipinski definition) is 1. The van der Waals surface area contributed by atoms with Crippen molar-refractivity contribution in [2.75, 3.05) is 11.1 Å². The van der Waals surface area contributed by atoms with Crippen molar-refractivity contribution in [1.29, 1.82) is 5.26 Å². The Bertz CT molecular complexity index is 894. The summed E-state index contributed by atoms with van der Waals surface area (Å²) in [5.74, 6) is -0.570. The van der Waals surface area contributed by atoms with Crippen LogP contribution < -0.4 is 5.32 Å². The molecule has 0 saturated carbocycles. The second-order valence-electron chi connectivity index (χ2n) is 5.40. The number of aromatic nitrogens is 1. The molecule has 4 nitrogen and oxygen atoms in total. The van der Waals surface area contributed by atoms with Crippen LogP contribution in [0.4, 0.5) is 18.9 Å². The minimum Gasteiger partial charge on any atom is -0.325 e. The second kappa shape index (κ2) is 8.10. The third-order valence-corrected chi connectivity index (χ3v) is 4.80. The lowest BCUT2D eigenvalue weighted by molar-refractivity contribution is -0.138. The van der Waals surface area contributed by atoms with Gasteiger partial charge in [-0.2, -0.15) is 18.4 Å². The number of nitrogens with zero attached hydrogens (tertiary/aromatic N) is 2. The average Bonchev–Trinajstić information content (AvgIpc) is 2.54. The number of rotatable bonds is 4. The lowest BCUT2D eigenvalue weighted by atomic mass is 10.1. The molecule has 0 spiro atoms. The number of nitrogens with one attached hydrogen (secondary N) is 1. The van der Waals surface area contributed by atoms with Gasteiger partial charge in [-0.05, 0) is 43.7 Å². The van der Waals surface area contributed by atoms with Gasteiger partial charge in [0, 0.05) is 15.9 Å². The number of amides is 1. The summed E-state index contributed by atoms with van der Waals surface area (Å²) >= 11 is 4.12. The van der Waals surface area contributed by atoms with Crippen molar-refractivity contribution in [3.63, 3.8) is 0 Å². The van der Waals surface area contributed by atoms with Crippen LogP contribution in [0.3, 0.4) is 0 Å². The van der Waals surface area contributed by atoms with Crippen molar-refractivity contribution in [3.05, 3.63) is 51.1 Å². The van der Waals surface area contributed by atoms with E-state index in [1.165, 1.54) is 6.92 Å². The van der Waals surface area contributed by atoms with Crippen molar-refractivity contribution in [2.24, 2.45) is 0 Å². The van der Waals surface area contributed by atoms with Gasteiger partial charge in [0.05, 0.1) is 16.9 Å². The standard InChI is InChI=1S/C17H13BrF3N3OS/c1-9-5-11(18)3-4-14(9)24-15(25)8-26-16-12(7-22)13(17(19,20)21)6-10(2)23-16/h3-6H,8H2,1-2H3,(H,24,25). The largest absolute Gasteiger partial charge is 0.417 e.